The predicted octanol–water partition coefficient (Wildman–Crippen LogP) is 2.27. The van der Waals surface area contributed by atoms with Crippen LogP contribution in [-0.4, -0.2) is 16.1 Å². The molecule has 2 aromatic rings. The molecule has 0 saturated carbocycles. The Bertz CT molecular complexity index is 496. The lowest BCUT2D eigenvalue weighted by Crippen LogP contribution is -2.25. The Morgan fingerprint density at radius 3 is 2.88 bits per heavy atom. The molecule has 17 heavy (non-hydrogen) atoms. The van der Waals surface area contributed by atoms with Crippen molar-refractivity contribution in [1.29, 1.82) is 0 Å². The summed E-state index contributed by atoms with van der Waals surface area (Å²) in [5, 5.41) is 12.5. The summed E-state index contributed by atoms with van der Waals surface area (Å²) >= 11 is 1.65. The van der Waals surface area contributed by atoms with Crippen molar-refractivity contribution in [3.63, 3.8) is 0 Å². The second-order valence-corrected chi connectivity index (χ2v) is 5.16. The van der Waals surface area contributed by atoms with Gasteiger partial charge in [-0.05, 0) is 31.0 Å². The number of hydrogen-bond acceptors (Lipinski definition) is 4. The Morgan fingerprint density at radius 1 is 1.41 bits per heavy atom. The maximum absolute atomic E-state index is 9.37. The molecule has 4 heteroatoms. The van der Waals surface area contributed by atoms with Gasteiger partial charge in [0.25, 0.3) is 0 Å². The highest BCUT2D eigenvalue weighted by molar-refractivity contribution is 7.09. The summed E-state index contributed by atoms with van der Waals surface area (Å²) in [5.41, 5.74) is 8.19. The van der Waals surface area contributed by atoms with Crippen LogP contribution in [-0.2, 0) is 12.8 Å². The van der Waals surface area contributed by atoms with E-state index < -0.39 is 0 Å². The van der Waals surface area contributed by atoms with Crippen molar-refractivity contribution in [1.82, 2.24) is 4.98 Å². The van der Waals surface area contributed by atoms with Gasteiger partial charge in [0.2, 0.25) is 0 Å². The summed E-state index contributed by atoms with van der Waals surface area (Å²) in [6.07, 6.45) is 1.54. The van der Waals surface area contributed by atoms with Gasteiger partial charge in [0, 0.05) is 23.5 Å². The molecule has 90 valence electrons. The van der Waals surface area contributed by atoms with Crippen molar-refractivity contribution < 1.29 is 5.11 Å². The average Bonchev–Trinajstić information content (AvgIpc) is 2.63. The lowest BCUT2D eigenvalue weighted by molar-refractivity contribution is 0.474. The normalized spacial score (nSPS) is 12.6. The summed E-state index contributed by atoms with van der Waals surface area (Å²) in [5.74, 6) is 0.291. The van der Waals surface area contributed by atoms with Crippen molar-refractivity contribution in [3.8, 4) is 5.75 Å². The number of nitrogens with two attached hydrogens (primary N) is 1. The van der Waals surface area contributed by atoms with E-state index in [-0.39, 0.29) is 6.04 Å². The first-order chi connectivity index (χ1) is 8.13. The fourth-order valence-electron chi connectivity index (χ4n) is 1.78. The standard InChI is InChI=1S/C13H16N2OS/c1-9-8-17-13(15-9)7-11(14)5-10-3-2-4-12(16)6-10/h2-4,6,8,11,16H,5,7,14H2,1H3. The highest BCUT2D eigenvalue weighted by atomic mass is 32.1. The second-order valence-electron chi connectivity index (χ2n) is 4.22. The third-order valence-electron chi connectivity index (χ3n) is 2.51. The number of aryl methyl sites for hydroxylation is 1. The van der Waals surface area contributed by atoms with Gasteiger partial charge in [-0.15, -0.1) is 11.3 Å². The van der Waals surface area contributed by atoms with Gasteiger partial charge in [-0.25, -0.2) is 4.98 Å². The third-order valence-corrected chi connectivity index (χ3v) is 3.50. The molecule has 0 bridgehead atoms. The van der Waals surface area contributed by atoms with Crippen molar-refractivity contribution in [3.05, 3.63) is 45.9 Å². The van der Waals surface area contributed by atoms with Crippen molar-refractivity contribution in [2.24, 2.45) is 5.73 Å². The van der Waals surface area contributed by atoms with E-state index in [2.05, 4.69) is 4.98 Å². The van der Waals surface area contributed by atoms with Gasteiger partial charge in [0.05, 0.1) is 5.01 Å². The van der Waals surface area contributed by atoms with Gasteiger partial charge in [0.15, 0.2) is 0 Å². The number of aromatic hydroxyl groups is 1. The monoisotopic (exact) mass is 248 g/mol. The summed E-state index contributed by atoms with van der Waals surface area (Å²) in [7, 11) is 0. The summed E-state index contributed by atoms with van der Waals surface area (Å²) in [6, 6.07) is 7.28. The molecule has 1 heterocycles. The number of nitrogens with zero attached hydrogens (tertiary/aromatic N) is 1. The molecule has 3 N–H and O–H groups in total. The fraction of sp³-hybridized carbons (Fsp3) is 0.308. The molecule has 0 aliphatic rings. The zero-order chi connectivity index (χ0) is 12.3. The summed E-state index contributed by atoms with van der Waals surface area (Å²) < 4.78 is 0. The first-order valence-corrected chi connectivity index (χ1v) is 6.46. The highest BCUT2D eigenvalue weighted by Gasteiger charge is 2.08. The quantitative estimate of drug-likeness (QED) is 0.872. The van der Waals surface area contributed by atoms with E-state index in [0.29, 0.717) is 5.75 Å². The van der Waals surface area contributed by atoms with Gasteiger partial charge in [-0.2, -0.15) is 0 Å². The zero-order valence-electron chi connectivity index (χ0n) is 9.76. The molecule has 3 nitrogen and oxygen atoms in total. The van der Waals surface area contributed by atoms with Crippen molar-refractivity contribution in [2.45, 2.75) is 25.8 Å². The van der Waals surface area contributed by atoms with Crippen molar-refractivity contribution >= 4 is 11.3 Å². The Kier molecular flexibility index (Phi) is 3.76. The minimum absolute atomic E-state index is 0.0438. The van der Waals surface area contributed by atoms with Crippen molar-refractivity contribution in [2.75, 3.05) is 0 Å². The van der Waals surface area contributed by atoms with Crippen LogP contribution >= 0.6 is 11.3 Å². The molecule has 1 unspecified atom stereocenters. The van der Waals surface area contributed by atoms with E-state index in [1.807, 2.05) is 24.4 Å². The molecule has 1 aromatic carbocycles. The molecule has 2 rings (SSSR count). The van der Waals surface area contributed by atoms with Crippen LogP contribution < -0.4 is 5.73 Å². The predicted molar refractivity (Wildman–Crippen MR) is 70.3 cm³/mol. The van der Waals surface area contributed by atoms with E-state index >= 15 is 0 Å². The smallest absolute Gasteiger partial charge is 0.115 e. The first-order valence-electron chi connectivity index (χ1n) is 5.58. The molecule has 0 fully saturated rings. The van der Waals surface area contributed by atoms with Crippen LogP contribution in [0.1, 0.15) is 16.3 Å². The number of hydrogen-bond donors (Lipinski definition) is 2. The summed E-state index contributed by atoms with van der Waals surface area (Å²) in [4.78, 5) is 4.40. The molecule has 0 aliphatic heterocycles. The number of thiazole rings is 1. The second kappa shape index (κ2) is 5.29. The zero-order valence-corrected chi connectivity index (χ0v) is 10.6. The topological polar surface area (TPSA) is 59.1 Å². The Balaban J connectivity index is 1.95. The van der Waals surface area contributed by atoms with Gasteiger partial charge in [-0.3, -0.25) is 0 Å². The lowest BCUT2D eigenvalue weighted by atomic mass is 10.0. The van der Waals surface area contributed by atoms with Crippen LogP contribution in [0.3, 0.4) is 0 Å². The molecule has 0 spiro atoms. The molecule has 0 radical (unpaired) electrons. The van der Waals surface area contributed by atoms with Crippen LogP contribution in [0.15, 0.2) is 29.6 Å². The van der Waals surface area contributed by atoms with Crippen LogP contribution in [0.5, 0.6) is 5.75 Å². The van der Waals surface area contributed by atoms with E-state index in [0.717, 1.165) is 29.1 Å². The number of phenols is 1. The van der Waals surface area contributed by atoms with Gasteiger partial charge >= 0.3 is 0 Å². The summed E-state index contributed by atoms with van der Waals surface area (Å²) in [6.45, 7) is 1.99. The number of benzene rings is 1. The number of phenolic OH excluding ortho intramolecular Hbond substituents is 1. The maximum atomic E-state index is 9.37. The molecule has 1 atom stereocenters. The largest absolute Gasteiger partial charge is 0.508 e. The molecule has 1 aromatic heterocycles. The van der Waals surface area contributed by atoms with E-state index in [4.69, 9.17) is 5.73 Å². The lowest BCUT2D eigenvalue weighted by Gasteiger charge is -2.09. The van der Waals surface area contributed by atoms with E-state index in [1.165, 1.54) is 0 Å². The minimum Gasteiger partial charge on any atom is -0.508 e. The Hall–Kier alpha value is -1.39. The van der Waals surface area contributed by atoms with Crippen LogP contribution in [0.2, 0.25) is 0 Å². The Labute approximate surface area is 105 Å². The van der Waals surface area contributed by atoms with Crippen LogP contribution in [0.4, 0.5) is 0 Å². The van der Waals surface area contributed by atoms with E-state index in [9.17, 15) is 5.11 Å². The molecular weight excluding hydrogens is 232 g/mol. The number of aromatic nitrogens is 1. The minimum atomic E-state index is 0.0438. The molecular formula is C13H16N2OS. The van der Waals surface area contributed by atoms with Crippen LogP contribution in [0.25, 0.3) is 0 Å². The van der Waals surface area contributed by atoms with Gasteiger partial charge in [-0.1, -0.05) is 12.1 Å². The van der Waals surface area contributed by atoms with Gasteiger partial charge < -0.3 is 10.8 Å². The fourth-order valence-corrected chi connectivity index (χ4v) is 2.65. The maximum Gasteiger partial charge on any atom is 0.115 e. The molecule has 0 amide bonds. The third kappa shape index (κ3) is 3.54. The van der Waals surface area contributed by atoms with Gasteiger partial charge in [0.1, 0.15) is 5.75 Å². The van der Waals surface area contributed by atoms with Crippen LogP contribution in [0, 0.1) is 6.92 Å². The first kappa shape index (κ1) is 12.1. The highest BCUT2D eigenvalue weighted by Crippen LogP contribution is 2.15. The number of rotatable bonds is 4. The molecule has 0 aliphatic carbocycles. The SMILES string of the molecule is Cc1csc(CC(N)Cc2cccc(O)c2)n1. The van der Waals surface area contributed by atoms with E-state index in [1.54, 1.807) is 23.5 Å². The average molecular weight is 248 g/mol. The Morgan fingerprint density at radius 2 is 2.24 bits per heavy atom. The molecule has 0 saturated heterocycles.